The summed E-state index contributed by atoms with van der Waals surface area (Å²) < 4.78 is 18.9. The van der Waals surface area contributed by atoms with Crippen LogP contribution in [0.5, 0.6) is 0 Å². The van der Waals surface area contributed by atoms with Gasteiger partial charge in [0.1, 0.15) is 5.60 Å². The summed E-state index contributed by atoms with van der Waals surface area (Å²) in [7, 11) is 0. The minimum absolute atomic E-state index is 0.136. The maximum atomic E-state index is 6.40. The van der Waals surface area contributed by atoms with Crippen molar-refractivity contribution < 1.29 is 14.2 Å². The van der Waals surface area contributed by atoms with Crippen LogP contribution in [0.3, 0.4) is 0 Å². The van der Waals surface area contributed by atoms with E-state index in [1.54, 1.807) is 0 Å². The maximum absolute atomic E-state index is 6.40. The first-order valence-electron chi connectivity index (χ1n) is 8.02. The summed E-state index contributed by atoms with van der Waals surface area (Å²) in [5.41, 5.74) is -0.521. The van der Waals surface area contributed by atoms with E-state index in [0.717, 1.165) is 6.42 Å². The molecule has 1 aliphatic carbocycles. The summed E-state index contributed by atoms with van der Waals surface area (Å²) >= 11 is 0. The van der Waals surface area contributed by atoms with Crippen molar-refractivity contribution in [1.29, 1.82) is 0 Å². The van der Waals surface area contributed by atoms with Crippen LogP contribution in [0.2, 0.25) is 0 Å². The van der Waals surface area contributed by atoms with Gasteiger partial charge in [0.15, 0.2) is 0 Å². The zero-order chi connectivity index (χ0) is 15.2. The zero-order valence-electron chi connectivity index (χ0n) is 14.3. The van der Waals surface area contributed by atoms with Crippen molar-refractivity contribution in [2.75, 3.05) is 6.61 Å². The van der Waals surface area contributed by atoms with Crippen molar-refractivity contribution in [3.63, 3.8) is 0 Å². The third kappa shape index (κ3) is 3.55. The highest BCUT2D eigenvalue weighted by Gasteiger charge is 2.57. The van der Waals surface area contributed by atoms with Gasteiger partial charge in [0, 0.05) is 5.92 Å². The molecule has 1 unspecified atom stereocenters. The molecule has 0 aromatic rings. The lowest BCUT2D eigenvalue weighted by Crippen LogP contribution is -2.52. The van der Waals surface area contributed by atoms with Gasteiger partial charge in [-0.05, 0) is 67.7 Å². The average molecular weight is 284 g/mol. The number of fused-ring (bicyclic) bond motifs is 2. The molecule has 3 nitrogen and oxygen atoms in total. The van der Waals surface area contributed by atoms with Crippen LogP contribution >= 0.6 is 0 Å². The highest BCUT2D eigenvalue weighted by molar-refractivity contribution is 5.06. The highest BCUT2D eigenvalue weighted by atomic mass is 16.6. The number of hydrogen-bond acceptors (Lipinski definition) is 3. The van der Waals surface area contributed by atoms with Crippen molar-refractivity contribution in [1.82, 2.24) is 0 Å². The van der Waals surface area contributed by atoms with Gasteiger partial charge in [0.05, 0.1) is 30.0 Å². The fourth-order valence-electron chi connectivity index (χ4n) is 3.49. The lowest BCUT2D eigenvalue weighted by atomic mass is 9.76. The third-order valence-electron chi connectivity index (χ3n) is 4.30. The van der Waals surface area contributed by atoms with Crippen LogP contribution in [0, 0.1) is 5.92 Å². The molecule has 0 spiro atoms. The summed E-state index contributed by atoms with van der Waals surface area (Å²) in [6, 6.07) is 0. The van der Waals surface area contributed by atoms with E-state index in [2.05, 4.69) is 48.5 Å². The van der Waals surface area contributed by atoms with Gasteiger partial charge in [0.25, 0.3) is 0 Å². The van der Waals surface area contributed by atoms with E-state index in [0.29, 0.717) is 12.5 Å². The van der Waals surface area contributed by atoms with Gasteiger partial charge in [-0.2, -0.15) is 0 Å². The molecule has 1 aliphatic heterocycles. The van der Waals surface area contributed by atoms with Gasteiger partial charge in [-0.25, -0.2) is 0 Å². The van der Waals surface area contributed by atoms with Gasteiger partial charge in [-0.3, -0.25) is 0 Å². The number of ether oxygens (including phenoxy) is 3. The van der Waals surface area contributed by atoms with E-state index in [4.69, 9.17) is 14.2 Å². The van der Waals surface area contributed by atoms with Crippen molar-refractivity contribution in [3.8, 4) is 0 Å². The standard InChI is InChI=1S/C17H32O3/c1-12-13-9-8-10-17(19-12,11-18-15(2,3)4)14(13)20-16(5,6)7/h12-14H,8-11H2,1-7H3/t12-,13?,14+,17+/m0/s1. The number of rotatable bonds is 3. The topological polar surface area (TPSA) is 27.7 Å². The Morgan fingerprint density at radius 1 is 1.10 bits per heavy atom. The molecule has 2 aliphatic rings. The Kier molecular flexibility index (Phi) is 4.27. The lowest BCUT2D eigenvalue weighted by Gasteiger charge is -2.43. The van der Waals surface area contributed by atoms with E-state index >= 15 is 0 Å². The number of hydrogen-bond donors (Lipinski definition) is 0. The Bertz CT molecular complexity index is 339. The molecule has 3 heteroatoms. The Balaban J connectivity index is 2.17. The predicted molar refractivity (Wildman–Crippen MR) is 81.0 cm³/mol. The molecule has 1 saturated carbocycles. The second-order valence-electron chi connectivity index (χ2n) is 8.50. The fraction of sp³-hybridized carbons (Fsp3) is 1.00. The molecule has 0 amide bonds. The van der Waals surface area contributed by atoms with Crippen molar-refractivity contribution in [2.45, 2.75) is 96.7 Å². The minimum atomic E-state index is -0.247. The molecular formula is C17H32O3. The minimum Gasteiger partial charge on any atom is -0.373 e. The molecule has 1 heterocycles. The molecule has 4 atom stereocenters. The molecule has 1 saturated heterocycles. The van der Waals surface area contributed by atoms with Crippen LogP contribution in [0.15, 0.2) is 0 Å². The predicted octanol–water partition coefficient (Wildman–Crippen LogP) is 3.94. The van der Waals surface area contributed by atoms with Crippen LogP contribution < -0.4 is 0 Å². The summed E-state index contributed by atoms with van der Waals surface area (Å²) in [6.45, 7) is 15.5. The second-order valence-corrected chi connectivity index (χ2v) is 8.50. The Labute approximate surface area is 124 Å². The first-order valence-corrected chi connectivity index (χ1v) is 8.02. The van der Waals surface area contributed by atoms with Crippen molar-refractivity contribution >= 4 is 0 Å². The lowest BCUT2D eigenvalue weighted by molar-refractivity contribution is -0.193. The second kappa shape index (κ2) is 5.26. The molecule has 2 bridgehead atoms. The normalized spacial score (nSPS) is 38.2. The van der Waals surface area contributed by atoms with Gasteiger partial charge < -0.3 is 14.2 Å². The van der Waals surface area contributed by atoms with Crippen LogP contribution in [-0.4, -0.2) is 35.6 Å². The van der Waals surface area contributed by atoms with E-state index in [-0.39, 0.29) is 29.0 Å². The quantitative estimate of drug-likeness (QED) is 0.785. The summed E-state index contributed by atoms with van der Waals surface area (Å²) in [4.78, 5) is 0. The van der Waals surface area contributed by atoms with Crippen LogP contribution in [0.1, 0.15) is 67.7 Å². The molecule has 0 aromatic carbocycles. The molecule has 2 rings (SSSR count). The maximum Gasteiger partial charge on any atom is 0.118 e. The van der Waals surface area contributed by atoms with E-state index in [1.165, 1.54) is 12.8 Å². The first kappa shape index (κ1) is 16.3. The van der Waals surface area contributed by atoms with Crippen molar-refractivity contribution in [3.05, 3.63) is 0 Å². The van der Waals surface area contributed by atoms with Gasteiger partial charge >= 0.3 is 0 Å². The highest BCUT2D eigenvalue weighted by Crippen LogP contribution is 2.49. The van der Waals surface area contributed by atoms with Gasteiger partial charge in [-0.1, -0.05) is 0 Å². The van der Waals surface area contributed by atoms with E-state index in [9.17, 15) is 0 Å². The summed E-state index contributed by atoms with van der Waals surface area (Å²) in [6.07, 6.45) is 3.90. The first-order chi connectivity index (χ1) is 9.03. The van der Waals surface area contributed by atoms with E-state index in [1.807, 2.05) is 0 Å². The Hall–Kier alpha value is -0.120. The Morgan fingerprint density at radius 3 is 2.30 bits per heavy atom. The van der Waals surface area contributed by atoms with E-state index < -0.39 is 0 Å². The molecule has 0 N–H and O–H groups in total. The molecule has 0 aromatic heterocycles. The molecule has 20 heavy (non-hydrogen) atoms. The molecule has 0 radical (unpaired) electrons. The average Bonchev–Trinajstić information content (AvgIpc) is 2.42. The summed E-state index contributed by atoms with van der Waals surface area (Å²) in [5.74, 6) is 0.506. The van der Waals surface area contributed by atoms with Crippen LogP contribution in [-0.2, 0) is 14.2 Å². The largest absolute Gasteiger partial charge is 0.373 e. The summed E-state index contributed by atoms with van der Waals surface area (Å²) in [5, 5.41) is 0. The molecule has 118 valence electrons. The monoisotopic (exact) mass is 284 g/mol. The smallest absolute Gasteiger partial charge is 0.118 e. The van der Waals surface area contributed by atoms with Crippen LogP contribution in [0.25, 0.3) is 0 Å². The third-order valence-corrected chi connectivity index (χ3v) is 4.30. The SMILES string of the molecule is C[C@@H]1O[C@@]2(COC(C)(C)C)CCCC1[C@H]2OC(C)(C)C. The van der Waals surface area contributed by atoms with Gasteiger partial charge in [0.2, 0.25) is 0 Å². The fourth-order valence-corrected chi connectivity index (χ4v) is 3.49. The zero-order valence-corrected chi connectivity index (χ0v) is 14.3. The molecular weight excluding hydrogens is 252 g/mol. The Morgan fingerprint density at radius 2 is 1.75 bits per heavy atom. The van der Waals surface area contributed by atoms with Gasteiger partial charge in [-0.15, -0.1) is 0 Å². The van der Waals surface area contributed by atoms with Crippen molar-refractivity contribution in [2.24, 2.45) is 5.92 Å². The molecule has 2 fully saturated rings. The van der Waals surface area contributed by atoms with Crippen LogP contribution in [0.4, 0.5) is 0 Å².